The second-order valence-electron chi connectivity index (χ2n) is 6.05. The van der Waals surface area contributed by atoms with Crippen LogP contribution in [0.2, 0.25) is 0 Å². The highest BCUT2D eigenvalue weighted by atomic mass is 19.1. The van der Waals surface area contributed by atoms with Gasteiger partial charge in [-0.05, 0) is 44.9 Å². The van der Waals surface area contributed by atoms with Crippen molar-refractivity contribution in [1.29, 1.82) is 0 Å². The SMILES string of the molecule is CCCCCOc1c(F)cc(CNC(C)(C)C)cc1F. The number of hydrogen-bond acceptors (Lipinski definition) is 2. The van der Waals surface area contributed by atoms with Crippen LogP contribution in [0.5, 0.6) is 5.75 Å². The molecule has 0 radical (unpaired) electrons. The molecule has 0 aliphatic carbocycles. The minimum absolute atomic E-state index is 0.0950. The van der Waals surface area contributed by atoms with Gasteiger partial charge < -0.3 is 10.1 Å². The molecule has 1 N–H and O–H groups in total. The summed E-state index contributed by atoms with van der Waals surface area (Å²) in [5.41, 5.74) is 0.485. The Morgan fingerprint density at radius 3 is 2.20 bits per heavy atom. The maximum Gasteiger partial charge on any atom is 0.190 e. The molecule has 4 heteroatoms. The topological polar surface area (TPSA) is 21.3 Å². The van der Waals surface area contributed by atoms with Crippen LogP contribution in [-0.4, -0.2) is 12.1 Å². The van der Waals surface area contributed by atoms with E-state index >= 15 is 0 Å². The van der Waals surface area contributed by atoms with Gasteiger partial charge in [0.15, 0.2) is 17.4 Å². The maximum absolute atomic E-state index is 13.8. The van der Waals surface area contributed by atoms with Gasteiger partial charge in [-0.25, -0.2) is 8.78 Å². The number of halogens is 2. The van der Waals surface area contributed by atoms with Crippen molar-refractivity contribution >= 4 is 0 Å². The third-order valence-electron chi connectivity index (χ3n) is 2.88. The van der Waals surface area contributed by atoms with Crippen LogP contribution in [0.1, 0.15) is 52.5 Å². The van der Waals surface area contributed by atoms with E-state index in [0.717, 1.165) is 19.3 Å². The molecule has 114 valence electrons. The largest absolute Gasteiger partial charge is 0.488 e. The van der Waals surface area contributed by atoms with Gasteiger partial charge in [0.25, 0.3) is 0 Å². The van der Waals surface area contributed by atoms with Crippen LogP contribution in [0.4, 0.5) is 8.78 Å². The number of nitrogens with one attached hydrogen (secondary N) is 1. The molecule has 0 aliphatic rings. The van der Waals surface area contributed by atoms with Gasteiger partial charge in [-0.2, -0.15) is 0 Å². The van der Waals surface area contributed by atoms with Crippen molar-refractivity contribution in [2.45, 2.75) is 59.0 Å². The van der Waals surface area contributed by atoms with Crippen molar-refractivity contribution in [3.8, 4) is 5.75 Å². The molecule has 0 aliphatic heterocycles. The summed E-state index contributed by atoms with van der Waals surface area (Å²) in [5.74, 6) is -1.53. The van der Waals surface area contributed by atoms with Gasteiger partial charge in [0.05, 0.1) is 6.61 Å². The first-order chi connectivity index (χ1) is 9.33. The fourth-order valence-corrected chi connectivity index (χ4v) is 1.75. The highest BCUT2D eigenvalue weighted by molar-refractivity contribution is 5.31. The van der Waals surface area contributed by atoms with E-state index in [4.69, 9.17) is 4.74 Å². The van der Waals surface area contributed by atoms with Crippen LogP contribution in [-0.2, 0) is 6.54 Å². The van der Waals surface area contributed by atoms with E-state index in [0.29, 0.717) is 18.7 Å². The predicted molar refractivity (Wildman–Crippen MR) is 78.0 cm³/mol. The summed E-state index contributed by atoms with van der Waals surface area (Å²) in [6.07, 6.45) is 2.85. The molecule has 0 saturated heterocycles. The average Bonchev–Trinajstić information content (AvgIpc) is 2.34. The van der Waals surface area contributed by atoms with Crippen molar-refractivity contribution in [3.63, 3.8) is 0 Å². The molecule has 0 unspecified atom stereocenters. The zero-order valence-corrected chi connectivity index (χ0v) is 12.9. The number of unbranched alkanes of at least 4 members (excludes halogenated alkanes) is 2. The summed E-state index contributed by atoms with van der Waals surface area (Å²) in [7, 11) is 0. The Balaban J connectivity index is 2.66. The second kappa shape index (κ2) is 7.58. The molecule has 0 atom stereocenters. The summed E-state index contributed by atoms with van der Waals surface area (Å²) >= 11 is 0. The van der Waals surface area contributed by atoms with E-state index in [-0.39, 0.29) is 11.3 Å². The lowest BCUT2D eigenvalue weighted by Gasteiger charge is -2.20. The molecule has 0 amide bonds. The van der Waals surface area contributed by atoms with Crippen LogP contribution in [0, 0.1) is 11.6 Å². The normalized spacial score (nSPS) is 11.7. The number of hydrogen-bond donors (Lipinski definition) is 1. The van der Waals surface area contributed by atoms with E-state index in [1.165, 1.54) is 12.1 Å². The van der Waals surface area contributed by atoms with Gasteiger partial charge in [-0.3, -0.25) is 0 Å². The number of benzene rings is 1. The predicted octanol–water partition coefficient (Wildman–Crippen LogP) is 4.42. The molecular formula is C16H25F2NO. The van der Waals surface area contributed by atoms with Gasteiger partial charge in [-0.1, -0.05) is 19.8 Å². The molecule has 20 heavy (non-hydrogen) atoms. The minimum Gasteiger partial charge on any atom is -0.488 e. The lowest BCUT2D eigenvalue weighted by Crippen LogP contribution is -2.35. The monoisotopic (exact) mass is 285 g/mol. The molecule has 1 aromatic rings. The Bertz CT molecular complexity index is 404. The highest BCUT2D eigenvalue weighted by Crippen LogP contribution is 2.24. The molecular weight excluding hydrogens is 260 g/mol. The number of ether oxygens (including phenoxy) is 1. The fraction of sp³-hybridized carbons (Fsp3) is 0.625. The summed E-state index contributed by atoms with van der Waals surface area (Å²) < 4.78 is 32.9. The van der Waals surface area contributed by atoms with Crippen molar-refractivity contribution in [1.82, 2.24) is 5.32 Å². The van der Waals surface area contributed by atoms with Crippen LogP contribution in [0.25, 0.3) is 0 Å². The first-order valence-corrected chi connectivity index (χ1v) is 7.19. The summed E-state index contributed by atoms with van der Waals surface area (Å²) in [5, 5.41) is 3.20. The maximum atomic E-state index is 13.8. The van der Waals surface area contributed by atoms with E-state index in [1.54, 1.807) is 0 Å². The molecule has 0 fully saturated rings. The zero-order chi connectivity index (χ0) is 15.2. The standard InChI is InChI=1S/C16H25F2NO/c1-5-6-7-8-20-15-13(17)9-12(10-14(15)18)11-19-16(2,3)4/h9-10,19H,5-8,11H2,1-4H3. The fourth-order valence-electron chi connectivity index (χ4n) is 1.75. The molecule has 1 aromatic carbocycles. The van der Waals surface area contributed by atoms with Gasteiger partial charge in [0.2, 0.25) is 0 Å². The second-order valence-corrected chi connectivity index (χ2v) is 6.05. The van der Waals surface area contributed by atoms with Gasteiger partial charge in [-0.15, -0.1) is 0 Å². The first-order valence-electron chi connectivity index (χ1n) is 7.19. The Kier molecular flexibility index (Phi) is 6.40. The van der Waals surface area contributed by atoms with Crippen LogP contribution >= 0.6 is 0 Å². The van der Waals surface area contributed by atoms with Crippen molar-refractivity contribution in [2.24, 2.45) is 0 Å². The summed E-state index contributed by atoms with van der Waals surface area (Å²) in [4.78, 5) is 0. The summed E-state index contributed by atoms with van der Waals surface area (Å²) in [6.45, 7) is 8.85. The molecule has 0 spiro atoms. The van der Waals surface area contributed by atoms with Crippen LogP contribution in [0.15, 0.2) is 12.1 Å². The molecule has 0 saturated carbocycles. The van der Waals surface area contributed by atoms with Gasteiger partial charge in [0, 0.05) is 12.1 Å². The Labute approximate surface area is 120 Å². The summed E-state index contributed by atoms with van der Waals surface area (Å²) in [6, 6.07) is 2.66. The first kappa shape index (κ1) is 16.9. The van der Waals surface area contributed by atoms with Crippen LogP contribution < -0.4 is 10.1 Å². The van der Waals surface area contributed by atoms with E-state index < -0.39 is 11.6 Å². The Morgan fingerprint density at radius 1 is 1.10 bits per heavy atom. The van der Waals surface area contributed by atoms with E-state index in [9.17, 15) is 8.78 Å². The van der Waals surface area contributed by atoms with Crippen molar-refractivity contribution in [2.75, 3.05) is 6.61 Å². The smallest absolute Gasteiger partial charge is 0.190 e. The van der Waals surface area contributed by atoms with Gasteiger partial charge >= 0.3 is 0 Å². The quantitative estimate of drug-likeness (QED) is 0.749. The van der Waals surface area contributed by atoms with Crippen LogP contribution in [0.3, 0.4) is 0 Å². The Hall–Kier alpha value is -1.16. The van der Waals surface area contributed by atoms with E-state index in [2.05, 4.69) is 12.2 Å². The molecule has 1 rings (SSSR count). The van der Waals surface area contributed by atoms with Crippen molar-refractivity contribution < 1.29 is 13.5 Å². The van der Waals surface area contributed by atoms with Crippen molar-refractivity contribution in [3.05, 3.63) is 29.3 Å². The van der Waals surface area contributed by atoms with Gasteiger partial charge in [0.1, 0.15) is 0 Å². The highest BCUT2D eigenvalue weighted by Gasteiger charge is 2.14. The average molecular weight is 285 g/mol. The minimum atomic E-state index is -0.632. The lowest BCUT2D eigenvalue weighted by atomic mass is 10.1. The number of rotatable bonds is 7. The third kappa shape index (κ3) is 5.87. The lowest BCUT2D eigenvalue weighted by molar-refractivity contribution is 0.276. The molecule has 0 bridgehead atoms. The van der Waals surface area contributed by atoms with E-state index in [1.807, 2.05) is 20.8 Å². The molecule has 0 aromatic heterocycles. The molecule has 2 nitrogen and oxygen atoms in total. The Morgan fingerprint density at radius 2 is 1.70 bits per heavy atom. The zero-order valence-electron chi connectivity index (χ0n) is 12.9. The third-order valence-corrected chi connectivity index (χ3v) is 2.88. The molecule has 0 heterocycles.